The second-order valence-electron chi connectivity index (χ2n) is 5.45. The van der Waals surface area contributed by atoms with E-state index in [9.17, 15) is 18.0 Å². The molecule has 0 saturated carbocycles. The van der Waals surface area contributed by atoms with Gasteiger partial charge in [0, 0.05) is 24.7 Å². The van der Waals surface area contributed by atoms with Crippen molar-refractivity contribution < 1.29 is 18.0 Å². The number of carbonyl (C=O) groups is 2. The van der Waals surface area contributed by atoms with E-state index in [1.807, 2.05) is 0 Å². The van der Waals surface area contributed by atoms with Crippen LogP contribution in [-0.4, -0.2) is 38.0 Å². The number of rotatable bonds is 3. The maximum Gasteiger partial charge on any atom is 0.243 e. The average Bonchev–Trinajstić information content (AvgIpc) is 2.86. The Bertz CT molecular complexity index is 699. The van der Waals surface area contributed by atoms with E-state index >= 15 is 0 Å². The number of nitrogens with zero attached hydrogens (tertiary/aromatic N) is 1. The molecule has 1 atom stereocenters. The van der Waals surface area contributed by atoms with Crippen molar-refractivity contribution in [2.75, 3.05) is 18.4 Å². The number of piperidine rings is 1. The predicted molar refractivity (Wildman–Crippen MR) is 76.3 cm³/mol. The number of hydrogen-bond donors (Lipinski definition) is 1. The van der Waals surface area contributed by atoms with Gasteiger partial charge in [-0.3, -0.25) is 4.79 Å². The second-order valence-corrected chi connectivity index (χ2v) is 7.38. The van der Waals surface area contributed by atoms with Crippen LogP contribution < -0.4 is 5.32 Å². The van der Waals surface area contributed by atoms with Crippen molar-refractivity contribution in [3.05, 3.63) is 23.8 Å². The van der Waals surface area contributed by atoms with Gasteiger partial charge in [-0.2, -0.15) is 4.31 Å². The molecule has 0 aromatic heterocycles. The number of aldehydes is 1. The highest BCUT2D eigenvalue weighted by Crippen LogP contribution is 2.28. The molecule has 0 radical (unpaired) electrons. The van der Waals surface area contributed by atoms with Crippen LogP contribution in [-0.2, 0) is 26.0 Å². The zero-order chi connectivity index (χ0) is 15.0. The topological polar surface area (TPSA) is 83.6 Å². The Morgan fingerprint density at radius 1 is 1.33 bits per heavy atom. The van der Waals surface area contributed by atoms with Gasteiger partial charge in [-0.05, 0) is 36.6 Å². The molecule has 1 aromatic carbocycles. The number of fused-ring (bicyclic) bond motifs is 1. The van der Waals surface area contributed by atoms with Crippen molar-refractivity contribution in [3.8, 4) is 0 Å². The van der Waals surface area contributed by atoms with Gasteiger partial charge >= 0.3 is 0 Å². The Morgan fingerprint density at radius 2 is 2.14 bits per heavy atom. The van der Waals surface area contributed by atoms with Crippen molar-refractivity contribution in [3.63, 3.8) is 0 Å². The van der Waals surface area contributed by atoms with Crippen LogP contribution in [0.15, 0.2) is 23.1 Å². The molecule has 2 heterocycles. The second kappa shape index (κ2) is 5.23. The van der Waals surface area contributed by atoms with E-state index in [4.69, 9.17) is 0 Å². The minimum absolute atomic E-state index is 0.126. The molecule has 1 N–H and O–H groups in total. The summed E-state index contributed by atoms with van der Waals surface area (Å²) in [6.45, 7) is 0.668. The monoisotopic (exact) mass is 308 g/mol. The summed E-state index contributed by atoms with van der Waals surface area (Å²) in [7, 11) is -3.61. The lowest BCUT2D eigenvalue weighted by Gasteiger charge is -2.29. The maximum absolute atomic E-state index is 12.6. The molecule has 0 aliphatic carbocycles. The number of benzene rings is 1. The van der Waals surface area contributed by atoms with Crippen LogP contribution >= 0.6 is 0 Å². The molecular weight excluding hydrogens is 292 g/mol. The zero-order valence-electron chi connectivity index (χ0n) is 11.4. The summed E-state index contributed by atoms with van der Waals surface area (Å²) >= 11 is 0. The molecule has 112 valence electrons. The van der Waals surface area contributed by atoms with E-state index in [1.165, 1.54) is 10.4 Å². The Hall–Kier alpha value is -1.73. The van der Waals surface area contributed by atoms with E-state index < -0.39 is 10.0 Å². The first-order chi connectivity index (χ1) is 10.0. The van der Waals surface area contributed by atoms with Crippen LogP contribution in [0.5, 0.6) is 0 Å². The van der Waals surface area contributed by atoms with Gasteiger partial charge in [0.2, 0.25) is 15.9 Å². The first kappa shape index (κ1) is 14.2. The van der Waals surface area contributed by atoms with Gasteiger partial charge in [0.25, 0.3) is 0 Å². The van der Waals surface area contributed by atoms with Crippen molar-refractivity contribution >= 4 is 27.9 Å². The molecule has 3 rings (SSSR count). The molecule has 7 heteroatoms. The minimum Gasteiger partial charge on any atom is -0.326 e. The van der Waals surface area contributed by atoms with Crippen molar-refractivity contribution in [1.82, 2.24) is 4.31 Å². The molecule has 1 saturated heterocycles. The van der Waals surface area contributed by atoms with E-state index in [0.717, 1.165) is 12.7 Å². The minimum atomic E-state index is -3.61. The molecule has 2 aliphatic rings. The summed E-state index contributed by atoms with van der Waals surface area (Å²) < 4.78 is 26.6. The number of anilines is 1. The Kier molecular flexibility index (Phi) is 3.54. The first-order valence-electron chi connectivity index (χ1n) is 6.89. The van der Waals surface area contributed by atoms with Crippen LogP contribution in [0, 0.1) is 5.92 Å². The van der Waals surface area contributed by atoms with Gasteiger partial charge in [0.1, 0.15) is 6.29 Å². The number of amides is 1. The van der Waals surface area contributed by atoms with Crippen LogP contribution in [0.2, 0.25) is 0 Å². The van der Waals surface area contributed by atoms with Gasteiger partial charge < -0.3 is 10.1 Å². The Morgan fingerprint density at radius 3 is 2.90 bits per heavy atom. The molecule has 1 fully saturated rings. The highest BCUT2D eigenvalue weighted by atomic mass is 32.2. The lowest BCUT2D eigenvalue weighted by atomic mass is 10.0. The number of hydrogen-bond acceptors (Lipinski definition) is 4. The van der Waals surface area contributed by atoms with Crippen LogP contribution in [0.3, 0.4) is 0 Å². The fraction of sp³-hybridized carbons (Fsp3) is 0.429. The van der Waals surface area contributed by atoms with Crippen LogP contribution in [0.1, 0.15) is 18.4 Å². The molecule has 2 aliphatic heterocycles. The summed E-state index contributed by atoms with van der Waals surface area (Å²) in [6, 6.07) is 4.67. The molecule has 0 spiro atoms. The Labute approximate surface area is 123 Å². The normalized spacial score (nSPS) is 22.7. The molecule has 1 aromatic rings. The van der Waals surface area contributed by atoms with Gasteiger partial charge in [-0.25, -0.2) is 8.42 Å². The van der Waals surface area contributed by atoms with Gasteiger partial charge in [0.05, 0.1) is 11.3 Å². The quantitative estimate of drug-likeness (QED) is 0.836. The van der Waals surface area contributed by atoms with E-state index in [1.54, 1.807) is 12.1 Å². The molecule has 6 nitrogen and oxygen atoms in total. The Balaban J connectivity index is 1.90. The summed E-state index contributed by atoms with van der Waals surface area (Å²) in [5.41, 5.74) is 1.37. The summed E-state index contributed by atoms with van der Waals surface area (Å²) in [5.74, 6) is -0.357. The van der Waals surface area contributed by atoms with Gasteiger partial charge in [-0.1, -0.05) is 0 Å². The highest BCUT2D eigenvalue weighted by molar-refractivity contribution is 7.89. The third kappa shape index (κ3) is 2.58. The standard InChI is InChI=1S/C14H16N2O4S/c17-9-10-2-1-5-16(8-10)21(19,20)12-3-4-13-11(6-12)7-14(18)15-13/h3-4,6,9-10H,1-2,5,7-8H2,(H,15,18). The lowest BCUT2D eigenvalue weighted by Crippen LogP contribution is -2.40. The SMILES string of the molecule is O=CC1CCCN(S(=O)(=O)c2ccc3c(c2)CC(=O)N3)C1. The predicted octanol–water partition coefficient (Wildman–Crippen LogP) is 0.781. The first-order valence-corrected chi connectivity index (χ1v) is 8.33. The number of nitrogens with one attached hydrogen (secondary N) is 1. The molecule has 1 amide bonds. The summed E-state index contributed by atoms with van der Waals surface area (Å²) in [4.78, 5) is 22.4. The fourth-order valence-electron chi connectivity index (χ4n) is 2.82. The van der Waals surface area contributed by atoms with Crippen molar-refractivity contribution in [2.45, 2.75) is 24.2 Å². The average molecular weight is 308 g/mol. The fourth-order valence-corrected chi connectivity index (χ4v) is 4.41. The third-order valence-corrected chi connectivity index (χ3v) is 5.81. The van der Waals surface area contributed by atoms with E-state index in [-0.39, 0.29) is 29.7 Å². The highest BCUT2D eigenvalue weighted by Gasteiger charge is 2.31. The zero-order valence-corrected chi connectivity index (χ0v) is 12.2. The van der Waals surface area contributed by atoms with Crippen LogP contribution in [0.4, 0.5) is 5.69 Å². The van der Waals surface area contributed by atoms with Gasteiger partial charge in [-0.15, -0.1) is 0 Å². The molecule has 1 unspecified atom stereocenters. The largest absolute Gasteiger partial charge is 0.326 e. The van der Waals surface area contributed by atoms with Crippen LogP contribution in [0.25, 0.3) is 0 Å². The lowest BCUT2D eigenvalue weighted by molar-refractivity contribution is -0.115. The van der Waals surface area contributed by atoms with Crippen molar-refractivity contribution in [1.29, 1.82) is 0 Å². The third-order valence-electron chi connectivity index (χ3n) is 3.95. The summed E-state index contributed by atoms with van der Waals surface area (Å²) in [6.07, 6.45) is 2.45. The van der Waals surface area contributed by atoms with E-state index in [0.29, 0.717) is 24.2 Å². The number of sulfonamides is 1. The smallest absolute Gasteiger partial charge is 0.243 e. The van der Waals surface area contributed by atoms with E-state index in [2.05, 4.69) is 5.32 Å². The molecular formula is C14H16N2O4S. The van der Waals surface area contributed by atoms with Crippen molar-refractivity contribution in [2.24, 2.45) is 5.92 Å². The summed E-state index contributed by atoms with van der Waals surface area (Å²) in [5, 5.41) is 2.68. The van der Waals surface area contributed by atoms with Gasteiger partial charge in [0.15, 0.2) is 0 Å². The number of carbonyl (C=O) groups excluding carboxylic acids is 2. The molecule has 0 bridgehead atoms. The maximum atomic E-state index is 12.6. The molecule has 21 heavy (non-hydrogen) atoms.